The molecule has 1 saturated heterocycles. The highest BCUT2D eigenvalue weighted by molar-refractivity contribution is 6.29. The number of benzene rings is 1. The van der Waals surface area contributed by atoms with E-state index in [1.807, 2.05) is 30.3 Å². The number of hydrogen-bond acceptors (Lipinski definition) is 3. The van der Waals surface area contributed by atoms with Crippen LogP contribution in [-0.4, -0.2) is 24.0 Å². The van der Waals surface area contributed by atoms with E-state index in [-0.39, 0.29) is 11.8 Å². The highest BCUT2D eigenvalue weighted by Gasteiger charge is 2.46. The molecule has 4 rings (SSSR count). The number of halogens is 1. The van der Waals surface area contributed by atoms with Crippen LogP contribution in [-0.2, 0) is 15.1 Å². The van der Waals surface area contributed by atoms with Gasteiger partial charge in [-0.1, -0.05) is 48.0 Å². The molecule has 1 N–H and O–H groups in total. The third-order valence-corrected chi connectivity index (χ3v) is 5.18. The Labute approximate surface area is 146 Å². The van der Waals surface area contributed by atoms with Crippen LogP contribution >= 0.6 is 11.6 Å². The van der Waals surface area contributed by atoms with E-state index in [1.165, 1.54) is 5.56 Å². The maximum absolute atomic E-state index is 12.5. The van der Waals surface area contributed by atoms with Crippen molar-refractivity contribution < 1.29 is 9.53 Å². The molecule has 2 fully saturated rings. The summed E-state index contributed by atoms with van der Waals surface area (Å²) in [7, 11) is 0. The molecule has 1 aromatic carbocycles. The van der Waals surface area contributed by atoms with Crippen LogP contribution in [0.5, 0.6) is 0 Å². The number of rotatable bonds is 5. The molecule has 1 saturated carbocycles. The van der Waals surface area contributed by atoms with Crippen molar-refractivity contribution in [3.8, 4) is 0 Å². The third kappa shape index (κ3) is 2.92. The largest absolute Gasteiger partial charge is 0.367 e. The predicted molar refractivity (Wildman–Crippen MR) is 91.8 cm³/mol. The minimum Gasteiger partial charge on any atom is -0.367 e. The molecule has 4 nitrogen and oxygen atoms in total. The summed E-state index contributed by atoms with van der Waals surface area (Å²) in [5.41, 5.74) is 1.50. The Balaban J connectivity index is 1.39. The van der Waals surface area contributed by atoms with Gasteiger partial charge < -0.3 is 10.1 Å². The standard InChI is InChI=1S/C19H19ClN2O2/c20-17-8-4-7-16(22-17)19(9-10-24-19)12-21-18(23)15-11-14(15)13-5-2-1-3-6-13/h1-8,14-15H,9-12H2,(H,21,23)/t14-,15+,19?/m1/s1. The van der Waals surface area contributed by atoms with Crippen LogP contribution in [0.1, 0.15) is 30.0 Å². The number of amides is 1. The van der Waals surface area contributed by atoms with E-state index in [1.54, 1.807) is 6.07 Å². The Kier molecular flexibility index (Phi) is 4.02. The zero-order valence-corrected chi connectivity index (χ0v) is 14.0. The monoisotopic (exact) mass is 342 g/mol. The smallest absolute Gasteiger partial charge is 0.223 e. The molecule has 1 amide bonds. The second-order valence-electron chi connectivity index (χ2n) is 6.52. The fraction of sp³-hybridized carbons (Fsp3) is 0.368. The van der Waals surface area contributed by atoms with Crippen LogP contribution in [0.4, 0.5) is 0 Å². The van der Waals surface area contributed by atoms with Crippen molar-refractivity contribution >= 4 is 17.5 Å². The Morgan fingerprint density at radius 1 is 1.25 bits per heavy atom. The summed E-state index contributed by atoms with van der Waals surface area (Å²) in [5, 5.41) is 3.50. The van der Waals surface area contributed by atoms with E-state index in [9.17, 15) is 4.79 Å². The lowest BCUT2D eigenvalue weighted by atomic mass is 9.90. The van der Waals surface area contributed by atoms with Crippen molar-refractivity contribution in [3.05, 3.63) is 64.9 Å². The van der Waals surface area contributed by atoms with E-state index in [0.29, 0.717) is 24.2 Å². The number of pyridine rings is 1. The zero-order valence-electron chi connectivity index (χ0n) is 13.2. The number of hydrogen-bond donors (Lipinski definition) is 1. The SMILES string of the molecule is O=C(NCC1(c2cccc(Cl)n2)CCO1)[C@H]1C[C@@H]1c1ccccc1. The summed E-state index contributed by atoms with van der Waals surface area (Å²) < 4.78 is 5.79. The number of carbonyl (C=O) groups is 1. The number of nitrogens with zero attached hydrogens (tertiary/aromatic N) is 1. The third-order valence-electron chi connectivity index (χ3n) is 4.97. The van der Waals surface area contributed by atoms with E-state index in [0.717, 1.165) is 18.5 Å². The second kappa shape index (κ2) is 6.19. The highest BCUT2D eigenvalue weighted by Crippen LogP contribution is 2.47. The molecule has 2 heterocycles. The Hall–Kier alpha value is -1.91. The van der Waals surface area contributed by atoms with Crippen LogP contribution in [0.15, 0.2) is 48.5 Å². The van der Waals surface area contributed by atoms with Crippen molar-refractivity contribution in [1.82, 2.24) is 10.3 Å². The summed E-state index contributed by atoms with van der Waals surface area (Å²) in [6.45, 7) is 1.12. The fourth-order valence-electron chi connectivity index (χ4n) is 3.36. The molecule has 2 aromatic rings. The van der Waals surface area contributed by atoms with Gasteiger partial charge in [0.2, 0.25) is 5.91 Å². The van der Waals surface area contributed by atoms with Crippen LogP contribution in [0.25, 0.3) is 0 Å². The van der Waals surface area contributed by atoms with E-state index >= 15 is 0 Å². The predicted octanol–water partition coefficient (Wildman–Crippen LogP) is 3.27. The molecule has 0 bridgehead atoms. The van der Waals surface area contributed by atoms with Gasteiger partial charge in [0.15, 0.2) is 0 Å². The van der Waals surface area contributed by atoms with Crippen molar-refractivity contribution in [3.63, 3.8) is 0 Å². The molecular weight excluding hydrogens is 324 g/mol. The van der Waals surface area contributed by atoms with Gasteiger partial charge in [0.05, 0.1) is 18.8 Å². The van der Waals surface area contributed by atoms with E-state index in [4.69, 9.17) is 16.3 Å². The first-order chi connectivity index (χ1) is 11.7. The summed E-state index contributed by atoms with van der Waals surface area (Å²) in [4.78, 5) is 16.8. The first kappa shape index (κ1) is 15.6. The zero-order chi connectivity index (χ0) is 16.6. The Morgan fingerprint density at radius 2 is 2.04 bits per heavy atom. The summed E-state index contributed by atoms with van der Waals surface area (Å²) in [6, 6.07) is 15.7. The lowest BCUT2D eigenvalue weighted by Crippen LogP contribution is -2.50. The molecule has 2 aliphatic rings. The molecule has 5 heteroatoms. The lowest BCUT2D eigenvalue weighted by molar-refractivity contribution is -0.157. The van der Waals surface area contributed by atoms with Gasteiger partial charge in [-0.2, -0.15) is 0 Å². The van der Waals surface area contributed by atoms with Crippen LogP contribution in [0.2, 0.25) is 5.15 Å². The average Bonchev–Trinajstić information content (AvgIpc) is 3.35. The van der Waals surface area contributed by atoms with Crippen LogP contribution in [0.3, 0.4) is 0 Å². The first-order valence-electron chi connectivity index (χ1n) is 8.28. The molecule has 24 heavy (non-hydrogen) atoms. The van der Waals surface area contributed by atoms with Gasteiger partial charge in [0.1, 0.15) is 10.8 Å². The maximum atomic E-state index is 12.5. The normalized spacial score (nSPS) is 28.0. The molecule has 3 atom stereocenters. The highest BCUT2D eigenvalue weighted by atomic mass is 35.5. The summed E-state index contributed by atoms with van der Waals surface area (Å²) in [6.07, 6.45) is 1.76. The van der Waals surface area contributed by atoms with Crippen molar-refractivity contribution in [2.75, 3.05) is 13.2 Å². The molecule has 1 aromatic heterocycles. The van der Waals surface area contributed by atoms with Crippen LogP contribution in [0, 0.1) is 5.92 Å². The maximum Gasteiger partial charge on any atom is 0.223 e. The molecule has 1 aliphatic heterocycles. The fourth-order valence-corrected chi connectivity index (χ4v) is 3.52. The van der Waals surface area contributed by atoms with Gasteiger partial charge in [0.25, 0.3) is 0 Å². The van der Waals surface area contributed by atoms with Crippen molar-refractivity contribution in [2.24, 2.45) is 5.92 Å². The Morgan fingerprint density at radius 3 is 2.71 bits per heavy atom. The van der Waals surface area contributed by atoms with Gasteiger partial charge in [-0.3, -0.25) is 4.79 Å². The van der Waals surface area contributed by atoms with Gasteiger partial charge >= 0.3 is 0 Å². The average molecular weight is 343 g/mol. The van der Waals surface area contributed by atoms with Gasteiger partial charge in [-0.05, 0) is 30.0 Å². The lowest BCUT2D eigenvalue weighted by Gasteiger charge is -2.41. The topological polar surface area (TPSA) is 51.2 Å². The minimum atomic E-state index is -0.530. The van der Waals surface area contributed by atoms with Crippen LogP contribution < -0.4 is 5.32 Å². The molecule has 1 aliphatic carbocycles. The number of aromatic nitrogens is 1. The molecular formula is C19H19ClN2O2. The quantitative estimate of drug-likeness (QED) is 0.848. The van der Waals surface area contributed by atoms with Gasteiger partial charge in [-0.25, -0.2) is 4.98 Å². The summed E-state index contributed by atoms with van der Waals surface area (Å²) in [5.74, 6) is 0.506. The number of ether oxygens (including phenoxy) is 1. The van der Waals surface area contributed by atoms with Gasteiger partial charge in [-0.15, -0.1) is 0 Å². The Bertz CT molecular complexity index is 746. The van der Waals surface area contributed by atoms with Gasteiger partial charge in [0, 0.05) is 12.3 Å². The summed E-state index contributed by atoms with van der Waals surface area (Å²) >= 11 is 5.99. The number of nitrogens with one attached hydrogen (secondary N) is 1. The van der Waals surface area contributed by atoms with Crippen molar-refractivity contribution in [1.29, 1.82) is 0 Å². The van der Waals surface area contributed by atoms with E-state index in [2.05, 4.69) is 22.4 Å². The van der Waals surface area contributed by atoms with E-state index < -0.39 is 5.60 Å². The molecule has 124 valence electrons. The molecule has 0 spiro atoms. The van der Waals surface area contributed by atoms with Crippen molar-refractivity contribution in [2.45, 2.75) is 24.4 Å². The first-order valence-corrected chi connectivity index (χ1v) is 8.65. The second-order valence-corrected chi connectivity index (χ2v) is 6.90. The molecule has 0 radical (unpaired) electrons. The molecule has 1 unspecified atom stereocenters. The minimum absolute atomic E-state index is 0.0665. The number of carbonyl (C=O) groups excluding carboxylic acids is 1.